The van der Waals surface area contributed by atoms with E-state index in [4.69, 9.17) is 4.74 Å². The topological polar surface area (TPSA) is 64.4 Å². The van der Waals surface area contributed by atoms with E-state index in [0.717, 1.165) is 19.4 Å². The number of nitrogens with one attached hydrogen (secondary N) is 1. The second-order valence-electron chi connectivity index (χ2n) is 6.37. The highest BCUT2D eigenvalue weighted by Crippen LogP contribution is 2.17. The van der Waals surface area contributed by atoms with Crippen LogP contribution in [0.5, 0.6) is 5.75 Å². The van der Waals surface area contributed by atoms with Gasteiger partial charge in [-0.05, 0) is 37.1 Å². The van der Waals surface area contributed by atoms with Crippen LogP contribution in [0.4, 0.5) is 11.4 Å². The lowest BCUT2D eigenvalue weighted by Crippen LogP contribution is -2.00. The maximum Gasteiger partial charge on any atom is 0.269 e. The fourth-order valence-electron chi connectivity index (χ4n) is 2.75. The Balaban J connectivity index is 1.39. The van der Waals surface area contributed by atoms with E-state index in [-0.39, 0.29) is 5.69 Å². The van der Waals surface area contributed by atoms with E-state index in [1.807, 2.05) is 18.2 Å². The summed E-state index contributed by atoms with van der Waals surface area (Å²) < 4.78 is 5.61. The maximum atomic E-state index is 10.6. The van der Waals surface area contributed by atoms with E-state index < -0.39 is 4.92 Å². The number of benzene rings is 2. The van der Waals surface area contributed by atoms with Gasteiger partial charge in [-0.1, -0.05) is 50.3 Å². The minimum Gasteiger partial charge on any atom is -0.494 e. The molecule has 0 saturated heterocycles. The molecule has 140 valence electrons. The first-order valence-electron chi connectivity index (χ1n) is 9.42. The Labute approximate surface area is 155 Å². The van der Waals surface area contributed by atoms with Crippen LogP contribution in [-0.2, 0) is 0 Å². The smallest absolute Gasteiger partial charge is 0.269 e. The Bertz CT molecular complexity index is 629. The molecule has 0 aliphatic heterocycles. The largest absolute Gasteiger partial charge is 0.494 e. The molecule has 0 unspecified atom stereocenters. The third kappa shape index (κ3) is 8.01. The van der Waals surface area contributed by atoms with Crippen molar-refractivity contribution in [1.29, 1.82) is 0 Å². The minimum absolute atomic E-state index is 0.0938. The van der Waals surface area contributed by atoms with E-state index in [2.05, 4.69) is 17.4 Å². The number of anilines is 1. The van der Waals surface area contributed by atoms with Gasteiger partial charge in [0, 0.05) is 24.4 Å². The standard InChI is InChI=1S/C21H28N2O3/c24-23(25)20-13-15-21(16-14-20)26-18-10-5-3-1-2-4-9-17-22-19-11-7-6-8-12-19/h6-8,11-16,22H,1-5,9-10,17-18H2. The first-order chi connectivity index (χ1) is 12.8. The highest BCUT2D eigenvalue weighted by molar-refractivity contribution is 5.42. The van der Waals surface area contributed by atoms with Crippen molar-refractivity contribution >= 4 is 11.4 Å². The van der Waals surface area contributed by atoms with E-state index >= 15 is 0 Å². The molecular formula is C21H28N2O3. The van der Waals surface area contributed by atoms with Crippen LogP contribution in [0.25, 0.3) is 0 Å². The number of hydrogen-bond acceptors (Lipinski definition) is 4. The molecule has 0 aliphatic carbocycles. The summed E-state index contributed by atoms with van der Waals surface area (Å²) in [5, 5.41) is 14.0. The molecule has 0 saturated carbocycles. The van der Waals surface area contributed by atoms with Crippen molar-refractivity contribution in [2.24, 2.45) is 0 Å². The quantitative estimate of drug-likeness (QED) is 0.279. The van der Waals surface area contributed by atoms with Crippen LogP contribution < -0.4 is 10.1 Å². The van der Waals surface area contributed by atoms with Crippen LogP contribution in [0, 0.1) is 10.1 Å². The molecule has 0 aromatic heterocycles. The first kappa shape index (κ1) is 19.8. The molecule has 5 heteroatoms. The summed E-state index contributed by atoms with van der Waals surface area (Å²) in [6, 6.07) is 16.6. The van der Waals surface area contributed by atoms with E-state index in [1.165, 1.54) is 49.9 Å². The third-order valence-corrected chi connectivity index (χ3v) is 4.24. The Morgan fingerprint density at radius 3 is 2.08 bits per heavy atom. The second-order valence-corrected chi connectivity index (χ2v) is 6.37. The van der Waals surface area contributed by atoms with E-state index in [0.29, 0.717) is 12.4 Å². The van der Waals surface area contributed by atoms with Crippen molar-refractivity contribution in [3.63, 3.8) is 0 Å². The fraction of sp³-hybridized carbons (Fsp3) is 0.429. The lowest BCUT2D eigenvalue weighted by atomic mass is 10.1. The van der Waals surface area contributed by atoms with Gasteiger partial charge in [-0.25, -0.2) is 0 Å². The molecule has 0 bridgehead atoms. The molecule has 0 fully saturated rings. The van der Waals surface area contributed by atoms with E-state index in [1.54, 1.807) is 12.1 Å². The summed E-state index contributed by atoms with van der Waals surface area (Å²) in [6.07, 6.45) is 8.43. The Morgan fingerprint density at radius 2 is 1.42 bits per heavy atom. The summed E-state index contributed by atoms with van der Waals surface area (Å²) in [4.78, 5) is 10.2. The first-order valence-corrected chi connectivity index (χ1v) is 9.42. The summed E-state index contributed by atoms with van der Waals surface area (Å²) >= 11 is 0. The highest BCUT2D eigenvalue weighted by atomic mass is 16.6. The molecule has 2 aromatic carbocycles. The molecule has 0 heterocycles. The number of hydrogen-bond donors (Lipinski definition) is 1. The summed E-state index contributed by atoms with van der Waals surface area (Å²) in [6.45, 7) is 1.70. The van der Waals surface area contributed by atoms with Crippen LogP contribution in [0.3, 0.4) is 0 Å². The van der Waals surface area contributed by atoms with Gasteiger partial charge in [0.2, 0.25) is 0 Å². The van der Waals surface area contributed by atoms with Gasteiger partial charge in [-0.15, -0.1) is 0 Å². The third-order valence-electron chi connectivity index (χ3n) is 4.24. The van der Waals surface area contributed by atoms with Crippen LogP contribution in [-0.4, -0.2) is 18.1 Å². The number of para-hydroxylation sites is 1. The average molecular weight is 356 g/mol. The molecule has 0 atom stereocenters. The SMILES string of the molecule is O=[N+]([O-])c1ccc(OCCCCCCCCCNc2ccccc2)cc1. The van der Waals surface area contributed by atoms with Crippen LogP contribution >= 0.6 is 0 Å². The summed E-state index contributed by atoms with van der Waals surface area (Å²) in [5.74, 6) is 0.696. The highest BCUT2D eigenvalue weighted by Gasteiger charge is 2.04. The lowest BCUT2D eigenvalue weighted by molar-refractivity contribution is -0.384. The average Bonchev–Trinajstić information content (AvgIpc) is 2.67. The summed E-state index contributed by atoms with van der Waals surface area (Å²) in [5.41, 5.74) is 1.29. The van der Waals surface area contributed by atoms with Gasteiger partial charge in [0.25, 0.3) is 5.69 Å². The van der Waals surface area contributed by atoms with Gasteiger partial charge in [0.05, 0.1) is 11.5 Å². The number of non-ortho nitro benzene ring substituents is 1. The Kier molecular flexibility index (Phi) is 9.05. The predicted molar refractivity (Wildman–Crippen MR) is 106 cm³/mol. The molecule has 5 nitrogen and oxygen atoms in total. The fourth-order valence-corrected chi connectivity index (χ4v) is 2.75. The number of nitrogens with zero attached hydrogens (tertiary/aromatic N) is 1. The number of unbranched alkanes of at least 4 members (excludes halogenated alkanes) is 6. The van der Waals surface area contributed by atoms with Gasteiger partial charge < -0.3 is 10.1 Å². The maximum absolute atomic E-state index is 10.6. The van der Waals surface area contributed by atoms with Gasteiger partial charge in [0.15, 0.2) is 0 Å². The molecule has 2 rings (SSSR count). The van der Waals surface area contributed by atoms with Gasteiger partial charge >= 0.3 is 0 Å². The molecule has 0 radical (unpaired) electrons. The van der Waals surface area contributed by atoms with Crippen molar-refractivity contribution in [1.82, 2.24) is 0 Å². The molecule has 1 N–H and O–H groups in total. The lowest BCUT2D eigenvalue weighted by Gasteiger charge is -2.07. The number of nitro groups is 1. The second kappa shape index (κ2) is 11.9. The molecule has 26 heavy (non-hydrogen) atoms. The summed E-state index contributed by atoms with van der Waals surface area (Å²) in [7, 11) is 0. The molecular weight excluding hydrogens is 328 g/mol. The zero-order valence-corrected chi connectivity index (χ0v) is 15.2. The minimum atomic E-state index is -0.401. The monoisotopic (exact) mass is 356 g/mol. The zero-order valence-electron chi connectivity index (χ0n) is 15.2. The van der Waals surface area contributed by atoms with Crippen LogP contribution in [0.1, 0.15) is 44.9 Å². The Hall–Kier alpha value is -2.56. The van der Waals surface area contributed by atoms with Crippen molar-refractivity contribution in [3.05, 3.63) is 64.7 Å². The molecule has 0 spiro atoms. The van der Waals surface area contributed by atoms with Crippen LogP contribution in [0.15, 0.2) is 54.6 Å². The molecule has 0 aliphatic rings. The van der Waals surface area contributed by atoms with Crippen molar-refractivity contribution in [2.45, 2.75) is 44.9 Å². The molecule has 0 amide bonds. The number of nitro benzene ring substituents is 1. The van der Waals surface area contributed by atoms with E-state index in [9.17, 15) is 10.1 Å². The number of rotatable bonds is 13. The van der Waals surface area contributed by atoms with Gasteiger partial charge in [-0.3, -0.25) is 10.1 Å². The Morgan fingerprint density at radius 1 is 0.808 bits per heavy atom. The van der Waals surface area contributed by atoms with Gasteiger partial charge in [-0.2, -0.15) is 0 Å². The van der Waals surface area contributed by atoms with Crippen molar-refractivity contribution in [3.8, 4) is 5.75 Å². The number of ether oxygens (including phenoxy) is 1. The normalized spacial score (nSPS) is 10.5. The van der Waals surface area contributed by atoms with Gasteiger partial charge in [0.1, 0.15) is 5.75 Å². The zero-order chi connectivity index (χ0) is 18.5. The van der Waals surface area contributed by atoms with Crippen LogP contribution in [0.2, 0.25) is 0 Å². The molecule has 2 aromatic rings. The predicted octanol–water partition coefficient (Wildman–Crippen LogP) is 5.82. The van der Waals surface area contributed by atoms with Crippen molar-refractivity contribution in [2.75, 3.05) is 18.5 Å². The van der Waals surface area contributed by atoms with Crippen molar-refractivity contribution < 1.29 is 9.66 Å².